The van der Waals surface area contributed by atoms with Crippen LogP contribution in [0.5, 0.6) is 0 Å². The zero-order chi connectivity index (χ0) is 44.3. The molecule has 0 saturated carbocycles. The number of pyridine rings is 1. The monoisotopic (exact) mass is 853 g/mol. The van der Waals surface area contributed by atoms with E-state index in [9.17, 15) is 0 Å². The van der Waals surface area contributed by atoms with Crippen LogP contribution >= 0.6 is 0 Å². The molecule has 12 aromatic rings. The third kappa shape index (κ3) is 6.09. The molecule has 0 bridgehead atoms. The van der Waals surface area contributed by atoms with Crippen molar-refractivity contribution in [2.45, 2.75) is 5.41 Å². The van der Waals surface area contributed by atoms with Gasteiger partial charge >= 0.3 is 0 Å². The summed E-state index contributed by atoms with van der Waals surface area (Å²) in [6.45, 7) is 0. The van der Waals surface area contributed by atoms with E-state index in [-0.39, 0.29) is 0 Å². The molecule has 0 radical (unpaired) electrons. The lowest BCUT2D eigenvalue weighted by Crippen LogP contribution is -2.28. The molecule has 13 rings (SSSR count). The number of benzene rings is 10. The van der Waals surface area contributed by atoms with Crippen LogP contribution < -0.4 is 4.90 Å². The Kier molecular flexibility index (Phi) is 9.07. The zero-order valence-corrected chi connectivity index (χ0v) is 36.7. The second-order valence-electron chi connectivity index (χ2n) is 17.5. The van der Waals surface area contributed by atoms with E-state index < -0.39 is 5.41 Å². The lowest BCUT2D eigenvalue weighted by molar-refractivity contribution is 0.768. The van der Waals surface area contributed by atoms with Crippen molar-refractivity contribution in [1.29, 1.82) is 0 Å². The first-order chi connectivity index (χ1) is 33.3. The maximum atomic E-state index is 4.69. The van der Waals surface area contributed by atoms with Crippen LogP contribution in [0.1, 0.15) is 22.3 Å². The van der Waals surface area contributed by atoms with E-state index in [1.54, 1.807) is 0 Å². The summed E-state index contributed by atoms with van der Waals surface area (Å²) in [4.78, 5) is 7.03. The number of rotatable bonds is 8. The molecular formula is C64H43N3. The van der Waals surface area contributed by atoms with Gasteiger partial charge in [0.1, 0.15) is 0 Å². The maximum Gasteiger partial charge on any atom is 0.0723 e. The highest BCUT2D eigenvalue weighted by Crippen LogP contribution is 2.58. The quantitative estimate of drug-likeness (QED) is 0.152. The van der Waals surface area contributed by atoms with Crippen LogP contribution in [0.2, 0.25) is 0 Å². The molecule has 1 aliphatic rings. The fraction of sp³-hybridized carbons (Fsp3) is 0.0156. The average Bonchev–Trinajstić information content (AvgIpc) is 3.90. The SMILES string of the molecule is c1ccc(N(c2cccc(-c3cccc(-c4ccc5c(c4)c4ccccc4n5-c4cccc5c4-c4ccccc4C5(c4ccccc4)c4ccccc4)c3)c2)c2cccc3ncccc23)cc1. The maximum absolute atomic E-state index is 4.69. The van der Waals surface area contributed by atoms with Gasteiger partial charge in [0.2, 0.25) is 0 Å². The molecule has 0 atom stereocenters. The predicted molar refractivity (Wildman–Crippen MR) is 279 cm³/mol. The Labute approximate surface area is 390 Å². The first kappa shape index (κ1) is 38.6. The molecule has 2 heterocycles. The van der Waals surface area contributed by atoms with Crippen LogP contribution in [0.15, 0.2) is 261 Å². The summed E-state index contributed by atoms with van der Waals surface area (Å²) in [5.74, 6) is 0. The van der Waals surface area contributed by atoms with Crippen LogP contribution in [-0.4, -0.2) is 9.55 Å². The standard InChI is InChI=1S/C64H43N3/c1-4-22-48(23-5-1)64(49-24-6-2-7-25-49)56-32-12-10-30-53(56)63-57(64)33-16-37-62(63)67-59-35-13-11-29-52(59)55-43-47(38-39-61(55)67)45-20-14-19-44(41-45)46-21-15-28-51(42-46)66(50-26-8-3-9-27-50)60-36-17-34-58-54(60)31-18-40-65-58/h1-43H. The molecule has 10 aromatic carbocycles. The van der Waals surface area contributed by atoms with Gasteiger partial charge in [-0.05, 0) is 129 Å². The van der Waals surface area contributed by atoms with Crippen molar-refractivity contribution in [2.24, 2.45) is 0 Å². The average molecular weight is 854 g/mol. The summed E-state index contributed by atoms with van der Waals surface area (Å²) in [6, 6.07) is 93.0. The summed E-state index contributed by atoms with van der Waals surface area (Å²) in [5, 5.41) is 3.56. The first-order valence-corrected chi connectivity index (χ1v) is 23.0. The normalized spacial score (nSPS) is 12.6. The highest BCUT2D eigenvalue weighted by Gasteiger charge is 2.47. The second-order valence-corrected chi connectivity index (χ2v) is 17.5. The summed E-state index contributed by atoms with van der Waals surface area (Å²) in [6.07, 6.45) is 1.86. The molecule has 2 aromatic heterocycles. The molecule has 0 fully saturated rings. The van der Waals surface area contributed by atoms with Gasteiger partial charge in [-0.15, -0.1) is 0 Å². The third-order valence-electron chi connectivity index (χ3n) is 13.9. The topological polar surface area (TPSA) is 21.1 Å². The summed E-state index contributed by atoms with van der Waals surface area (Å²) in [5.41, 5.74) is 19.6. The number of nitrogens with zero attached hydrogens (tertiary/aromatic N) is 3. The first-order valence-electron chi connectivity index (χ1n) is 23.0. The predicted octanol–water partition coefficient (Wildman–Crippen LogP) is 16.5. The van der Waals surface area contributed by atoms with Gasteiger partial charge in [0, 0.05) is 39.3 Å². The minimum absolute atomic E-state index is 0.478. The lowest BCUT2D eigenvalue weighted by Gasteiger charge is -2.34. The highest BCUT2D eigenvalue weighted by atomic mass is 15.1. The van der Waals surface area contributed by atoms with Gasteiger partial charge in [-0.3, -0.25) is 4.98 Å². The van der Waals surface area contributed by atoms with Gasteiger partial charge in [0.05, 0.1) is 33.3 Å². The Bertz CT molecular complexity index is 3770. The van der Waals surface area contributed by atoms with Crippen LogP contribution in [-0.2, 0) is 5.41 Å². The van der Waals surface area contributed by atoms with Crippen molar-refractivity contribution in [1.82, 2.24) is 9.55 Å². The van der Waals surface area contributed by atoms with Crippen molar-refractivity contribution < 1.29 is 0 Å². The van der Waals surface area contributed by atoms with Gasteiger partial charge in [-0.1, -0.05) is 176 Å². The molecule has 3 heteroatoms. The van der Waals surface area contributed by atoms with Crippen molar-refractivity contribution >= 4 is 49.8 Å². The number of fused-ring (bicyclic) bond motifs is 7. The van der Waals surface area contributed by atoms with E-state index in [4.69, 9.17) is 0 Å². The van der Waals surface area contributed by atoms with Crippen LogP contribution in [0.25, 0.3) is 71.8 Å². The van der Waals surface area contributed by atoms with E-state index in [1.807, 2.05) is 12.3 Å². The zero-order valence-electron chi connectivity index (χ0n) is 36.7. The fourth-order valence-corrected chi connectivity index (χ4v) is 11.1. The molecule has 0 unspecified atom stereocenters. The van der Waals surface area contributed by atoms with Crippen LogP contribution in [0.4, 0.5) is 17.1 Å². The molecule has 3 nitrogen and oxygen atoms in total. The van der Waals surface area contributed by atoms with E-state index in [0.717, 1.165) is 39.1 Å². The summed E-state index contributed by atoms with van der Waals surface area (Å²) < 4.78 is 2.50. The minimum atomic E-state index is -0.478. The van der Waals surface area contributed by atoms with E-state index >= 15 is 0 Å². The molecule has 0 saturated heterocycles. The number of aromatic nitrogens is 2. The van der Waals surface area contributed by atoms with Gasteiger partial charge in [0.25, 0.3) is 0 Å². The van der Waals surface area contributed by atoms with Crippen LogP contribution in [0, 0.1) is 0 Å². The number of para-hydroxylation sites is 2. The Balaban J connectivity index is 0.944. The van der Waals surface area contributed by atoms with Crippen LogP contribution in [0.3, 0.4) is 0 Å². The molecule has 0 N–H and O–H groups in total. The van der Waals surface area contributed by atoms with Gasteiger partial charge in [-0.25, -0.2) is 0 Å². The molecule has 314 valence electrons. The smallest absolute Gasteiger partial charge is 0.0723 e. The van der Waals surface area contributed by atoms with E-state index in [1.165, 1.54) is 72.0 Å². The van der Waals surface area contributed by atoms with E-state index in [2.05, 4.69) is 263 Å². The summed E-state index contributed by atoms with van der Waals surface area (Å²) in [7, 11) is 0. The molecule has 0 aliphatic heterocycles. The number of hydrogen-bond acceptors (Lipinski definition) is 2. The van der Waals surface area contributed by atoms with Gasteiger partial charge < -0.3 is 9.47 Å². The lowest BCUT2D eigenvalue weighted by atomic mass is 9.68. The minimum Gasteiger partial charge on any atom is -0.310 e. The van der Waals surface area contributed by atoms with Gasteiger partial charge in [0.15, 0.2) is 0 Å². The Morgan fingerprint density at radius 1 is 0.373 bits per heavy atom. The molecular weight excluding hydrogens is 811 g/mol. The molecule has 0 spiro atoms. The Morgan fingerprint density at radius 2 is 0.955 bits per heavy atom. The summed E-state index contributed by atoms with van der Waals surface area (Å²) >= 11 is 0. The van der Waals surface area contributed by atoms with Crippen molar-refractivity contribution in [3.63, 3.8) is 0 Å². The van der Waals surface area contributed by atoms with E-state index in [0.29, 0.717) is 0 Å². The van der Waals surface area contributed by atoms with Crippen molar-refractivity contribution in [3.05, 3.63) is 283 Å². The van der Waals surface area contributed by atoms with Gasteiger partial charge in [-0.2, -0.15) is 0 Å². The molecule has 0 amide bonds. The van der Waals surface area contributed by atoms with Crippen molar-refractivity contribution in [3.8, 4) is 39.1 Å². The largest absolute Gasteiger partial charge is 0.310 e. The Hall–Kier alpha value is -8.79. The highest BCUT2D eigenvalue weighted by molar-refractivity contribution is 6.11. The molecule has 67 heavy (non-hydrogen) atoms. The third-order valence-corrected chi connectivity index (χ3v) is 13.9. The second kappa shape index (κ2) is 15.7. The Morgan fingerprint density at radius 3 is 1.75 bits per heavy atom. The number of hydrogen-bond donors (Lipinski definition) is 0. The fourth-order valence-electron chi connectivity index (χ4n) is 11.1. The number of anilines is 3. The van der Waals surface area contributed by atoms with Crippen molar-refractivity contribution in [2.75, 3.05) is 4.90 Å². The molecule has 1 aliphatic carbocycles.